The van der Waals surface area contributed by atoms with Crippen molar-refractivity contribution >= 4 is 27.6 Å². The molecule has 1 aliphatic heterocycles. The maximum Gasteiger partial charge on any atom is 0.348 e. The van der Waals surface area contributed by atoms with Crippen molar-refractivity contribution in [3.63, 3.8) is 0 Å². The van der Waals surface area contributed by atoms with Crippen molar-refractivity contribution in [1.82, 2.24) is 14.8 Å². The van der Waals surface area contributed by atoms with Gasteiger partial charge in [0.2, 0.25) is 11.5 Å². The van der Waals surface area contributed by atoms with Gasteiger partial charge in [0.1, 0.15) is 5.82 Å². The van der Waals surface area contributed by atoms with Gasteiger partial charge in [-0.1, -0.05) is 26.0 Å². The average Bonchev–Trinajstić information content (AvgIpc) is 3.28. The largest absolute Gasteiger partial charge is 0.478 e. The maximum atomic E-state index is 13.8. The molecule has 4 aromatic rings. The number of carbonyl (C=O) groups is 1. The zero-order valence-corrected chi connectivity index (χ0v) is 21.0. The average molecular weight is 504 g/mol. The number of aromatic nitrogens is 3. The van der Waals surface area contributed by atoms with Crippen molar-refractivity contribution in [1.29, 1.82) is 0 Å². The summed E-state index contributed by atoms with van der Waals surface area (Å²) in [5.74, 6) is -0.949. The Hall–Kier alpha value is -3.52. The van der Waals surface area contributed by atoms with Gasteiger partial charge >= 0.3 is 5.97 Å². The van der Waals surface area contributed by atoms with Crippen LogP contribution in [-0.4, -0.2) is 38.0 Å². The number of hydrogen-bond acceptors (Lipinski definition) is 5. The van der Waals surface area contributed by atoms with E-state index in [1.165, 1.54) is 12.1 Å². The second-order valence-corrected chi connectivity index (χ2v) is 10.5. The van der Waals surface area contributed by atoms with Gasteiger partial charge in [0.25, 0.3) is 0 Å². The molecule has 7 nitrogen and oxygen atoms in total. The SMILES string of the molecule is CC(C)c1nc(OC2(C(=O)O)CCC2)c2cc3c(cnn3C3CCCCO3)cc2c1-c1ccc(F)cc1. The van der Waals surface area contributed by atoms with Crippen molar-refractivity contribution in [2.75, 3.05) is 6.61 Å². The van der Waals surface area contributed by atoms with E-state index in [2.05, 4.69) is 11.2 Å². The van der Waals surface area contributed by atoms with E-state index in [1.807, 2.05) is 30.8 Å². The van der Waals surface area contributed by atoms with Gasteiger partial charge in [0.05, 0.1) is 17.4 Å². The third-order valence-electron chi connectivity index (χ3n) is 7.66. The van der Waals surface area contributed by atoms with Crippen LogP contribution in [0.2, 0.25) is 0 Å². The lowest BCUT2D eigenvalue weighted by Crippen LogP contribution is -2.50. The lowest BCUT2D eigenvalue weighted by atomic mass is 9.80. The molecule has 0 spiro atoms. The number of halogens is 1. The highest BCUT2D eigenvalue weighted by atomic mass is 19.1. The van der Waals surface area contributed by atoms with Gasteiger partial charge in [-0.2, -0.15) is 5.10 Å². The number of carboxylic acids is 1. The third-order valence-corrected chi connectivity index (χ3v) is 7.66. The summed E-state index contributed by atoms with van der Waals surface area (Å²) in [6, 6.07) is 10.5. The van der Waals surface area contributed by atoms with Crippen LogP contribution in [0.1, 0.15) is 70.2 Å². The van der Waals surface area contributed by atoms with Crippen molar-refractivity contribution in [2.24, 2.45) is 0 Å². The highest BCUT2D eigenvalue weighted by molar-refractivity contribution is 6.07. The monoisotopic (exact) mass is 503 g/mol. The molecule has 2 fully saturated rings. The van der Waals surface area contributed by atoms with E-state index in [4.69, 9.17) is 14.5 Å². The minimum absolute atomic E-state index is 0.0167. The van der Waals surface area contributed by atoms with E-state index >= 15 is 0 Å². The highest BCUT2D eigenvalue weighted by Gasteiger charge is 2.48. The fraction of sp³-hybridized carbons (Fsp3) is 0.414. The number of carboxylic acid groups (broad SMARTS) is 1. The Bertz CT molecular complexity index is 1490. The Kier molecular flexibility index (Phi) is 5.87. The van der Waals surface area contributed by atoms with Crippen LogP contribution < -0.4 is 4.74 Å². The van der Waals surface area contributed by atoms with Gasteiger partial charge < -0.3 is 14.6 Å². The summed E-state index contributed by atoms with van der Waals surface area (Å²) in [5, 5.41) is 17.2. The Morgan fingerprint density at radius 2 is 1.95 bits per heavy atom. The summed E-state index contributed by atoms with van der Waals surface area (Å²) in [4.78, 5) is 17.1. The third kappa shape index (κ3) is 4.03. The lowest BCUT2D eigenvalue weighted by molar-refractivity contribution is -0.163. The minimum Gasteiger partial charge on any atom is -0.478 e. The van der Waals surface area contributed by atoms with Crippen LogP contribution in [0, 0.1) is 5.82 Å². The Balaban J connectivity index is 1.63. The molecular weight excluding hydrogens is 473 g/mol. The van der Waals surface area contributed by atoms with Crippen molar-refractivity contribution in [3.05, 3.63) is 54.1 Å². The quantitative estimate of drug-likeness (QED) is 0.319. The van der Waals surface area contributed by atoms with Crippen LogP contribution in [0.3, 0.4) is 0 Å². The maximum absolute atomic E-state index is 13.8. The molecule has 6 rings (SSSR count). The molecule has 1 N–H and O–H groups in total. The zero-order chi connectivity index (χ0) is 25.7. The number of ether oxygens (including phenoxy) is 2. The molecule has 1 saturated carbocycles. The smallest absolute Gasteiger partial charge is 0.348 e. The topological polar surface area (TPSA) is 86.5 Å². The predicted molar refractivity (Wildman–Crippen MR) is 138 cm³/mol. The molecule has 192 valence electrons. The number of pyridine rings is 1. The number of fused-ring (bicyclic) bond motifs is 2. The standard InChI is InChI=1S/C29H30FN3O4/c1-17(2)26-25(18-7-9-20(30)10-8-18)21-14-19-16-31-33(24-6-3-4-13-36-24)23(19)15-22(21)27(32-26)37-29(28(34)35)11-5-12-29/h7-10,14-17,24H,3-6,11-13H2,1-2H3,(H,34,35). The van der Waals surface area contributed by atoms with Gasteiger partial charge in [-0.15, -0.1) is 0 Å². The Labute approximate surface area is 214 Å². The second-order valence-electron chi connectivity index (χ2n) is 10.5. The van der Waals surface area contributed by atoms with Gasteiger partial charge in [0, 0.05) is 22.9 Å². The number of aliphatic carboxylic acids is 1. The predicted octanol–water partition coefficient (Wildman–Crippen LogP) is 6.60. The molecule has 2 aliphatic rings. The van der Waals surface area contributed by atoms with Crippen LogP contribution in [0.5, 0.6) is 5.88 Å². The lowest BCUT2D eigenvalue weighted by Gasteiger charge is -2.37. The molecule has 1 aliphatic carbocycles. The van der Waals surface area contributed by atoms with Crippen LogP contribution in [0.15, 0.2) is 42.6 Å². The van der Waals surface area contributed by atoms with Crippen molar-refractivity contribution in [2.45, 2.75) is 70.1 Å². The van der Waals surface area contributed by atoms with E-state index in [-0.39, 0.29) is 18.0 Å². The molecule has 1 unspecified atom stereocenters. The summed E-state index contributed by atoms with van der Waals surface area (Å²) in [6.07, 6.45) is 6.36. The molecule has 37 heavy (non-hydrogen) atoms. The first-order valence-corrected chi connectivity index (χ1v) is 13.0. The van der Waals surface area contributed by atoms with E-state index < -0.39 is 11.6 Å². The van der Waals surface area contributed by atoms with Crippen LogP contribution in [0.4, 0.5) is 4.39 Å². The molecule has 1 saturated heterocycles. The molecule has 2 aromatic carbocycles. The Morgan fingerprint density at radius 1 is 1.16 bits per heavy atom. The fourth-order valence-electron chi connectivity index (χ4n) is 5.44. The highest BCUT2D eigenvalue weighted by Crippen LogP contribution is 2.44. The zero-order valence-electron chi connectivity index (χ0n) is 21.0. The molecule has 1 atom stereocenters. The van der Waals surface area contributed by atoms with E-state index in [1.54, 1.807) is 12.1 Å². The molecule has 0 bridgehead atoms. The first-order valence-electron chi connectivity index (χ1n) is 13.0. The Morgan fingerprint density at radius 3 is 2.57 bits per heavy atom. The first kappa shape index (κ1) is 23.9. The van der Waals surface area contributed by atoms with Crippen molar-refractivity contribution in [3.8, 4) is 17.0 Å². The molecule has 2 aromatic heterocycles. The number of hydrogen-bond donors (Lipinski definition) is 1. The number of benzene rings is 2. The second kappa shape index (κ2) is 9.10. The normalized spacial score (nSPS) is 19.3. The van der Waals surface area contributed by atoms with Crippen molar-refractivity contribution < 1.29 is 23.8 Å². The molecule has 0 amide bonds. The first-order chi connectivity index (χ1) is 17.9. The number of nitrogens with zero attached hydrogens (tertiary/aromatic N) is 3. The molecule has 8 heteroatoms. The molecular formula is C29H30FN3O4. The van der Waals surface area contributed by atoms with E-state index in [0.29, 0.717) is 30.7 Å². The van der Waals surface area contributed by atoms with Gasteiger partial charge in [-0.25, -0.2) is 18.9 Å². The summed E-state index contributed by atoms with van der Waals surface area (Å²) in [7, 11) is 0. The van der Waals surface area contributed by atoms with Crippen LogP contribution in [-0.2, 0) is 9.53 Å². The number of rotatable bonds is 6. The summed E-state index contributed by atoms with van der Waals surface area (Å²) >= 11 is 0. The fourth-order valence-corrected chi connectivity index (χ4v) is 5.44. The summed E-state index contributed by atoms with van der Waals surface area (Å²) in [6.45, 7) is 4.78. The van der Waals surface area contributed by atoms with Crippen LogP contribution >= 0.6 is 0 Å². The molecule has 3 heterocycles. The van der Waals surface area contributed by atoms with Gasteiger partial charge in [-0.05, 0) is 79.7 Å². The van der Waals surface area contributed by atoms with Gasteiger partial charge in [-0.3, -0.25) is 0 Å². The summed E-state index contributed by atoms with van der Waals surface area (Å²) in [5.41, 5.74) is 2.11. The minimum atomic E-state index is -1.27. The van der Waals surface area contributed by atoms with Crippen LogP contribution in [0.25, 0.3) is 32.8 Å². The van der Waals surface area contributed by atoms with E-state index in [9.17, 15) is 14.3 Å². The molecule has 0 radical (unpaired) electrons. The van der Waals surface area contributed by atoms with Gasteiger partial charge in [0.15, 0.2) is 6.23 Å². The van der Waals surface area contributed by atoms with E-state index in [0.717, 1.165) is 58.8 Å². The summed E-state index contributed by atoms with van der Waals surface area (Å²) < 4.78 is 28.0.